The highest BCUT2D eigenvalue weighted by Gasteiger charge is 2.32. The second-order valence-electron chi connectivity index (χ2n) is 10.6. The minimum atomic E-state index is -0.356. The number of nitriles is 1. The number of carbonyl (C=O) groups excluding carboxylic acids is 2. The molecule has 2 aromatic heterocycles. The Balaban J connectivity index is 1.40. The number of aromatic nitrogens is 3. The van der Waals surface area contributed by atoms with Crippen molar-refractivity contribution in [2.75, 3.05) is 11.1 Å². The van der Waals surface area contributed by atoms with Crippen LogP contribution >= 0.6 is 23.1 Å². The molecular weight excluding hydrogens is 516 g/mol. The van der Waals surface area contributed by atoms with Crippen molar-refractivity contribution in [2.24, 2.45) is 11.3 Å². The first-order valence-corrected chi connectivity index (χ1v) is 14.7. The molecule has 0 fully saturated rings. The van der Waals surface area contributed by atoms with Crippen LogP contribution in [-0.4, -0.2) is 32.3 Å². The first-order valence-electron chi connectivity index (χ1n) is 12.9. The normalized spacial score (nSPS) is 15.8. The summed E-state index contributed by atoms with van der Waals surface area (Å²) in [7, 11) is 0. The Morgan fingerprint density at radius 2 is 2.00 bits per heavy atom. The highest BCUT2D eigenvalue weighted by molar-refractivity contribution is 7.99. The van der Waals surface area contributed by atoms with E-state index in [1.54, 1.807) is 12.1 Å². The number of benzene rings is 1. The summed E-state index contributed by atoms with van der Waals surface area (Å²) in [4.78, 5) is 26.7. The third-order valence-corrected chi connectivity index (χ3v) is 9.16. The Bertz CT molecular complexity index is 1350. The Morgan fingerprint density at radius 3 is 2.66 bits per heavy atom. The van der Waals surface area contributed by atoms with Crippen molar-refractivity contribution in [3.05, 3.63) is 57.7 Å². The van der Waals surface area contributed by atoms with Crippen LogP contribution in [-0.2, 0) is 24.2 Å². The first-order chi connectivity index (χ1) is 18.1. The van der Waals surface area contributed by atoms with E-state index >= 15 is 0 Å². The smallest absolute Gasteiger partial charge is 0.251 e. The van der Waals surface area contributed by atoms with Crippen LogP contribution in [0, 0.1) is 22.7 Å². The molecule has 3 aromatic rings. The van der Waals surface area contributed by atoms with Crippen LogP contribution in [0.25, 0.3) is 0 Å². The van der Waals surface area contributed by atoms with Gasteiger partial charge in [0, 0.05) is 17.0 Å². The van der Waals surface area contributed by atoms with Gasteiger partial charge < -0.3 is 15.2 Å². The van der Waals surface area contributed by atoms with E-state index in [9.17, 15) is 14.9 Å². The lowest BCUT2D eigenvalue weighted by Gasteiger charge is -2.33. The number of fused-ring (bicyclic) bond motifs is 1. The molecule has 0 unspecified atom stereocenters. The number of carbonyl (C=O) groups is 2. The molecule has 0 spiro atoms. The molecule has 1 aliphatic rings. The molecule has 0 radical (unpaired) electrons. The lowest BCUT2D eigenvalue weighted by Crippen LogP contribution is -2.28. The number of hydrogen-bond acceptors (Lipinski definition) is 7. The number of nitrogens with zero attached hydrogens (tertiary/aromatic N) is 4. The lowest BCUT2D eigenvalue weighted by atomic mass is 9.72. The van der Waals surface area contributed by atoms with Crippen molar-refractivity contribution >= 4 is 39.9 Å². The number of thiophene rings is 1. The summed E-state index contributed by atoms with van der Waals surface area (Å²) in [6, 6.07) is 11.0. The number of thioether (sulfide) groups is 1. The van der Waals surface area contributed by atoms with Gasteiger partial charge in [-0.05, 0) is 62.1 Å². The van der Waals surface area contributed by atoms with E-state index < -0.39 is 0 Å². The standard InChI is InChI=1S/C28H34N6O2S2/c1-6-34-24(17(2)30-25(36)18-10-8-7-9-11-18)32-33-27(34)37-16-23(35)31-26-21(15-29)20-13-12-19(28(3,4)5)14-22(20)38-26/h7-11,17,19H,6,12-14,16H2,1-5H3,(H,30,36)(H,31,35)/t17-,19+/m0/s1. The number of nitrogens with one attached hydrogen (secondary N) is 2. The van der Waals surface area contributed by atoms with Gasteiger partial charge in [-0.1, -0.05) is 50.7 Å². The number of rotatable bonds is 8. The summed E-state index contributed by atoms with van der Waals surface area (Å²) in [5, 5.41) is 25.6. The van der Waals surface area contributed by atoms with Gasteiger partial charge in [-0.3, -0.25) is 9.59 Å². The highest BCUT2D eigenvalue weighted by Crippen LogP contribution is 2.44. The molecule has 0 bridgehead atoms. The van der Waals surface area contributed by atoms with Gasteiger partial charge in [0.25, 0.3) is 5.91 Å². The van der Waals surface area contributed by atoms with Gasteiger partial charge in [-0.15, -0.1) is 21.5 Å². The van der Waals surface area contributed by atoms with Gasteiger partial charge >= 0.3 is 0 Å². The van der Waals surface area contributed by atoms with Crippen LogP contribution in [0.2, 0.25) is 0 Å². The molecule has 2 amide bonds. The molecule has 0 saturated heterocycles. The number of hydrogen-bond donors (Lipinski definition) is 2. The van der Waals surface area contributed by atoms with Crippen LogP contribution in [0.4, 0.5) is 5.00 Å². The maximum atomic E-state index is 12.9. The fourth-order valence-corrected chi connectivity index (χ4v) is 6.89. The van der Waals surface area contributed by atoms with Crippen molar-refractivity contribution in [3.63, 3.8) is 0 Å². The SMILES string of the molecule is CCn1c(SCC(=O)Nc2sc3c(c2C#N)CC[C@@H](C(C)(C)C)C3)nnc1[C@H](C)NC(=O)c1ccccc1. The zero-order valence-corrected chi connectivity index (χ0v) is 24.1. The van der Waals surface area contributed by atoms with E-state index in [0.717, 1.165) is 24.8 Å². The molecule has 0 aliphatic heterocycles. The highest BCUT2D eigenvalue weighted by atomic mass is 32.2. The van der Waals surface area contributed by atoms with Crippen LogP contribution in [0.5, 0.6) is 0 Å². The van der Waals surface area contributed by atoms with Gasteiger partial charge in [0.05, 0.1) is 17.4 Å². The van der Waals surface area contributed by atoms with Crippen molar-refractivity contribution < 1.29 is 9.59 Å². The Kier molecular flexibility index (Phi) is 8.58. The zero-order chi connectivity index (χ0) is 27.4. The topological polar surface area (TPSA) is 113 Å². The molecule has 1 aliphatic carbocycles. The second-order valence-corrected chi connectivity index (χ2v) is 12.7. The predicted molar refractivity (Wildman–Crippen MR) is 151 cm³/mol. The molecule has 4 rings (SSSR count). The Labute approximate surface area is 232 Å². The molecule has 2 atom stereocenters. The van der Waals surface area contributed by atoms with Crippen LogP contribution in [0.3, 0.4) is 0 Å². The largest absolute Gasteiger partial charge is 0.342 e. The predicted octanol–water partition coefficient (Wildman–Crippen LogP) is 5.60. The second kappa shape index (κ2) is 11.7. The average Bonchev–Trinajstić information content (AvgIpc) is 3.47. The molecule has 38 heavy (non-hydrogen) atoms. The van der Waals surface area contributed by atoms with E-state index in [2.05, 4.69) is 47.7 Å². The zero-order valence-electron chi connectivity index (χ0n) is 22.5. The summed E-state index contributed by atoms with van der Waals surface area (Å²) >= 11 is 2.83. The van der Waals surface area contributed by atoms with Crippen molar-refractivity contribution in [2.45, 2.75) is 71.6 Å². The van der Waals surface area contributed by atoms with Gasteiger partial charge in [0.2, 0.25) is 5.91 Å². The van der Waals surface area contributed by atoms with Gasteiger partial charge in [0.1, 0.15) is 11.1 Å². The van der Waals surface area contributed by atoms with E-state index in [0.29, 0.717) is 39.6 Å². The van der Waals surface area contributed by atoms with Crippen LogP contribution < -0.4 is 10.6 Å². The average molecular weight is 551 g/mol. The molecule has 8 nitrogen and oxygen atoms in total. The molecule has 0 saturated carbocycles. The number of anilines is 1. The molecule has 1 aromatic carbocycles. The molecule has 2 N–H and O–H groups in total. The van der Waals surface area contributed by atoms with E-state index in [1.807, 2.05) is 36.6 Å². The van der Waals surface area contributed by atoms with Crippen molar-refractivity contribution in [3.8, 4) is 6.07 Å². The minimum absolute atomic E-state index is 0.140. The van der Waals surface area contributed by atoms with E-state index in [-0.39, 0.29) is 29.0 Å². The maximum absolute atomic E-state index is 12.9. The third kappa shape index (κ3) is 6.11. The Hall–Kier alpha value is -3.16. The van der Waals surface area contributed by atoms with Crippen LogP contribution in [0.1, 0.15) is 79.3 Å². The summed E-state index contributed by atoms with van der Waals surface area (Å²) in [6.45, 7) is 11.2. The summed E-state index contributed by atoms with van der Waals surface area (Å²) in [5.41, 5.74) is 2.50. The monoisotopic (exact) mass is 550 g/mol. The third-order valence-electron chi connectivity index (χ3n) is 7.02. The molecule has 2 heterocycles. The fourth-order valence-electron chi connectivity index (χ4n) is 4.78. The van der Waals surface area contributed by atoms with Gasteiger partial charge in [-0.25, -0.2) is 0 Å². The van der Waals surface area contributed by atoms with E-state index in [4.69, 9.17) is 0 Å². The van der Waals surface area contributed by atoms with Crippen LogP contribution in [0.15, 0.2) is 35.5 Å². The molecular formula is C28H34N6O2S2. The summed E-state index contributed by atoms with van der Waals surface area (Å²) in [6.07, 6.45) is 2.89. The first kappa shape index (κ1) is 27.9. The summed E-state index contributed by atoms with van der Waals surface area (Å²) < 4.78 is 1.91. The molecule has 200 valence electrons. The van der Waals surface area contributed by atoms with Crippen molar-refractivity contribution in [1.82, 2.24) is 20.1 Å². The number of amides is 2. The quantitative estimate of drug-likeness (QED) is 0.353. The van der Waals surface area contributed by atoms with Gasteiger partial charge in [0.15, 0.2) is 11.0 Å². The van der Waals surface area contributed by atoms with Gasteiger partial charge in [-0.2, -0.15) is 5.26 Å². The fraction of sp³-hybridized carbons (Fsp3) is 0.464. The molecule has 10 heteroatoms. The summed E-state index contributed by atoms with van der Waals surface area (Å²) in [5.74, 6) is 0.966. The lowest BCUT2D eigenvalue weighted by molar-refractivity contribution is -0.113. The minimum Gasteiger partial charge on any atom is -0.342 e. The van der Waals surface area contributed by atoms with E-state index in [1.165, 1.54) is 28.0 Å². The van der Waals surface area contributed by atoms with Crippen molar-refractivity contribution in [1.29, 1.82) is 5.26 Å². The Morgan fingerprint density at radius 1 is 1.26 bits per heavy atom. The maximum Gasteiger partial charge on any atom is 0.251 e.